The van der Waals surface area contributed by atoms with E-state index in [0.29, 0.717) is 17.9 Å². The summed E-state index contributed by atoms with van der Waals surface area (Å²) in [6.45, 7) is 1.35. The van der Waals surface area contributed by atoms with Gasteiger partial charge in [-0.05, 0) is 28.6 Å². The molecule has 136 valence electrons. The Morgan fingerprint density at radius 1 is 1.07 bits per heavy atom. The Bertz CT molecular complexity index is 1060. The number of anilines is 1. The van der Waals surface area contributed by atoms with Crippen LogP contribution in [-0.4, -0.2) is 19.0 Å². The molecule has 0 unspecified atom stereocenters. The van der Waals surface area contributed by atoms with Crippen molar-refractivity contribution in [2.45, 2.75) is 19.3 Å². The first-order chi connectivity index (χ1) is 13.1. The Morgan fingerprint density at radius 2 is 1.89 bits per heavy atom. The fraction of sp³-hybridized carbons (Fsp3) is 0.182. The van der Waals surface area contributed by atoms with E-state index in [-0.39, 0.29) is 11.8 Å². The molecule has 1 heterocycles. The second kappa shape index (κ2) is 6.76. The van der Waals surface area contributed by atoms with Crippen LogP contribution in [-0.2, 0) is 9.59 Å². The summed E-state index contributed by atoms with van der Waals surface area (Å²) >= 11 is 0. The van der Waals surface area contributed by atoms with Gasteiger partial charge in [0.15, 0.2) is 11.5 Å². The zero-order chi connectivity index (χ0) is 19.0. The maximum absolute atomic E-state index is 12.4. The Balaban J connectivity index is 1.83. The fourth-order valence-electron chi connectivity index (χ4n) is 3.64. The summed E-state index contributed by atoms with van der Waals surface area (Å²) in [5, 5.41) is 5.14. The molecule has 0 radical (unpaired) electrons. The highest BCUT2D eigenvalue weighted by Gasteiger charge is 2.28. The maximum atomic E-state index is 12.4. The van der Waals surface area contributed by atoms with E-state index < -0.39 is 5.97 Å². The Labute approximate surface area is 156 Å². The molecule has 0 saturated carbocycles. The summed E-state index contributed by atoms with van der Waals surface area (Å²) in [6.07, 6.45) is 0.349. The quantitative estimate of drug-likeness (QED) is 0.560. The lowest BCUT2D eigenvalue weighted by atomic mass is 9.83. The van der Waals surface area contributed by atoms with Crippen molar-refractivity contribution in [3.63, 3.8) is 0 Å². The van der Waals surface area contributed by atoms with E-state index in [1.807, 2.05) is 36.4 Å². The van der Waals surface area contributed by atoms with Crippen molar-refractivity contribution in [3.05, 3.63) is 65.7 Å². The maximum Gasteiger partial charge on any atom is 0.308 e. The number of esters is 1. The summed E-state index contributed by atoms with van der Waals surface area (Å²) in [4.78, 5) is 23.7. The summed E-state index contributed by atoms with van der Waals surface area (Å²) < 4.78 is 10.6. The van der Waals surface area contributed by atoms with Crippen molar-refractivity contribution < 1.29 is 19.1 Å². The van der Waals surface area contributed by atoms with Crippen LogP contribution in [0.2, 0.25) is 0 Å². The number of hydrogen-bond donors (Lipinski definition) is 1. The highest BCUT2D eigenvalue weighted by molar-refractivity contribution is 6.06. The van der Waals surface area contributed by atoms with Crippen molar-refractivity contribution in [1.82, 2.24) is 0 Å². The smallest absolute Gasteiger partial charge is 0.308 e. The number of carbonyl (C=O) groups excluding carboxylic acids is 2. The van der Waals surface area contributed by atoms with Gasteiger partial charge in [0, 0.05) is 24.6 Å². The molecule has 4 rings (SSSR count). The monoisotopic (exact) mass is 361 g/mol. The first-order valence-corrected chi connectivity index (χ1v) is 8.74. The lowest BCUT2D eigenvalue weighted by Gasteiger charge is -2.27. The molecule has 0 fully saturated rings. The van der Waals surface area contributed by atoms with Crippen molar-refractivity contribution in [1.29, 1.82) is 0 Å². The number of fused-ring (bicyclic) bond motifs is 3. The molecule has 3 aromatic carbocycles. The average molecular weight is 361 g/mol. The third-order valence-electron chi connectivity index (χ3n) is 4.83. The standard InChI is InChI=1S/C22H19NO4/c1-13(24)27-19-10-8-15(11-20(19)26-2)18-12-21(25)23-22-16-6-4-3-5-14(16)7-9-17(18)22/h3-11,18H,12H2,1-2H3,(H,23,25)/t18-/m1/s1. The number of methoxy groups -OCH3 is 1. The van der Waals surface area contributed by atoms with Crippen LogP contribution < -0.4 is 14.8 Å². The number of ether oxygens (including phenoxy) is 2. The summed E-state index contributed by atoms with van der Waals surface area (Å²) in [5.74, 6) is 0.309. The molecule has 0 saturated heterocycles. The minimum atomic E-state index is -0.407. The molecule has 27 heavy (non-hydrogen) atoms. The van der Waals surface area contributed by atoms with Crippen molar-refractivity contribution in [2.24, 2.45) is 0 Å². The van der Waals surface area contributed by atoms with Gasteiger partial charge in [0.05, 0.1) is 12.8 Å². The van der Waals surface area contributed by atoms with Gasteiger partial charge in [-0.3, -0.25) is 9.59 Å². The van der Waals surface area contributed by atoms with Gasteiger partial charge in [-0.25, -0.2) is 0 Å². The first-order valence-electron chi connectivity index (χ1n) is 8.74. The van der Waals surface area contributed by atoms with E-state index in [2.05, 4.69) is 17.4 Å². The lowest BCUT2D eigenvalue weighted by molar-refractivity contribution is -0.132. The molecule has 0 aliphatic carbocycles. The zero-order valence-electron chi connectivity index (χ0n) is 15.1. The number of rotatable bonds is 3. The molecule has 0 aromatic heterocycles. The van der Waals surface area contributed by atoms with Crippen LogP contribution in [0.25, 0.3) is 10.8 Å². The molecule has 1 amide bonds. The van der Waals surface area contributed by atoms with Crippen LogP contribution in [0.15, 0.2) is 54.6 Å². The molecular formula is C22H19NO4. The zero-order valence-corrected chi connectivity index (χ0v) is 15.1. The Hall–Kier alpha value is -3.34. The van der Waals surface area contributed by atoms with Crippen LogP contribution in [0.5, 0.6) is 11.5 Å². The largest absolute Gasteiger partial charge is 0.493 e. The predicted octanol–water partition coefficient (Wildman–Crippen LogP) is 4.25. The molecular weight excluding hydrogens is 342 g/mol. The van der Waals surface area contributed by atoms with E-state index >= 15 is 0 Å². The molecule has 1 N–H and O–H groups in total. The second-order valence-corrected chi connectivity index (χ2v) is 6.56. The minimum Gasteiger partial charge on any atom is -0.493 e. The molecule has 1 aliphatic rings. The van der Waals surface area contributed by atoms with E-state index in [1.165, 1.54) is 14.0 Å². The fourth-order valence-corrected chi connectivity index (χ4v) is 3.64. The topological polar surface area (TPSA) is 64.6 Å². The first kappa shape index (κ1) is 17.1. The van der Waals surface area contributed by atoms with Crippen LogP contribution in [0.1, 0.15) is 30.4 Å². The predicted molar refractivity (Wildman–Crippen MR) is 103 cm³/mol. The molecule has 5 heteroatoms. The number of hydrogen-bond acceptors (Lipinski definition) is 4. The molecule has 5 nitrogen and oxygen atoms in total. The van der Waals surface area contributed by atoms with E-state index in [1.54, 1.807) is 6.07 Å². The third kappa shape index (κ3) is 3.12. The van der Waals surface area contributed by atoms with Gasteiger partial charge < -0.3 is 14.8 Å². The third-order valence-corrected chi connectivity index (χ3v) is 4.83. The van der Waals surface area contributed by atoms with Crippen LogP contribution in [0.3, 0.4) is 0 Å². The lowest BCUT2D eigenvalue weighted by Crippen LogP contribution is -2.23. The van der Waals surface area contributed by atoms with Gasteiger partial charge in [0.25, 0.3) is 0 Å². The SMILES string of the molecule is COc1cc([C@H]2CC(=O)Nc3c2ccc2ccccc32)ccc1OC(C)=O. The second-order valence-electron chi connectivity index (χ2n) is 6.56. The van der Waals surface area contributed by atoms with Gasteiger partial charge in [0.1, 0.15) is 0 Å². The van der Waals surface area contributed by atoms with Gasteiger partial charge in [-0.2, -0.15) is 0 Å². The molecule has 1 atom stereocenters. The number of amides is 1. The molecule has 0 bridgehead atoms. The Kier molecular flexibility index (Phi) is 4.28. The van der Waals surface area contributed by atoms with Gasteiger partial charge in [0.2, 0.25) is 5.91 Å². The molecule has 3 aromatic rings. The number of benzene rings is 3. The summed E-state index contributed by atoms with van der Waals surface area (Å²) in [5.41, 5.74) is 2.86. The average Bonchev–Trinajstić information content (AvgIpc) is 2.67. The number of nitrogens with one attached hydrogen (secondary N) is 1. The Morgan fingerprint density at radius 3 is 2.67 bits per heavy atom. The van der Waals surface area contributed by atoms with Crippen LogP contribution >= 0.6 is 0 Å². The highest BCUT2D eigenvalue weighted by atomic mass is 16.6. The van der Waals surface area contributed by atoms with Crippen molar-refractivity contribution >= 4 is 28.3 Å². The van der Waals surface area contributed by atoms with Crippen molar-refractivity contribution in [3.8, 4) is 11.5 Å². The highest BCUT2D eigenvalue weighted by Crippen LogP contribution is 2.42. The van der Waals surface area contributed by atoms with Gasteiger partial charge >= 0.3 is 5.97 Å². The van der Waals surface area contributed by atoms with E-state index in [9.17, 15) is 9.59 Å². The van der Waals surface area contributed by atoms with Crippen molar-refractivity contribution in [2.75, 3.05) is 12.4 Å². The van der Waals surface area contributed by atoms with E-state index in [0.717, 1.165) is 27.6 Å². The normalized spacial score (nSPS) is 15.8. The summed E-state index contributed by atoms with van der Waals surface area (Å²) in [7, 11) is 1.53. The number of carbonyl (C=O) groups is 2. The molecule has 0 spiro atoms. The summed E-state index contributed by atoms with van der Waals surface area (Å²) in [6, 6.07) is 17.6. The van der Waals surface area contributed by atoms with Gasteiger partial charge in [-0.15, -0.1) is 0 Å². The van der Waals surface area contributed by atoms with Gasteiger partial charge in [-0.1, -0.05) is 42.5 Å². The van der Waals surface area contributed by atoms with Crippen LogP contribution in [0, 0.1) is 0 Å². The minimum absolute atomic E-state index is 0.0214. The molecule has 1 aliphatic heterocycles. The van der Waals surface area contributed by atoms with Crippen LogP contribution in [0.4, 0.5) is 5.69 Å². The van der Waals surface area contributed by atoms with E-state index in [4.69, 9.17) is 9.47 Å².